The third-order valence-corrected chi connectivity index (χ3v) is 15.1. The van der Waals surface area contributed by atoms with E-state index in [2.05, 4.69) is 97.5 Å². The fraction of sp³-hybridized carbons (Fsp3) is 0.167. The first-order valence-corrected chi connectivity index (χ1v) is 16.5. The Labute approximate surface area is 187 Å². The molecule has 0 amide bonds. The van der Waals surface area contributed by atoms with E-state index in [9.17, 15) is 0 Å². The van der Waals surface area contributed by atoms with Gasteiger partial charge in [-0.3, -0.25) is 0 Å². The zero-order valence-corrected chi connectivity index (χ0v) is 20.7. The van der Waals surface area contributed by atoms with E-state index < -0.39 is 21.1 Å². The Morgan fingerprint density at radius 1 is 0.655 bits per heavy atom. The normalized spacial score (nSPS) is 15.4. The second kappa shape index (κ2) is 9.59. The first-order valence-electron chi connectivity index (χ1n) is 9.62. The Morgan fingerprint density at radius 3 is 1.38 bits per heavy atom. The maximum absolute atomic E-state index is 6.89. The van der Waals surface area contributed by atoms with Crippen LogP contribution in [0.1, 0.15) is 12.8 Å². The maximum atomic E-state index is 6.89. The van der Waals surface area contributed by atoms with Crippen molar-refractivity contribution in [2.75, 3.05) is 12.5 Å². The van der Waals surface area contributed by atoms with Crippen LogP contribution in [-0.2, 0) is 21.1 Å². The molecule has 5 heteroatoms. The van der Waals surface area contributed by atoms with Gasteiger partial charge in [0.15, 0.2) is 0 Å². The SMILES string of the molecule is CSc1ccc([O][Zr]([O]c2ccc(SC)cc2)([C]2=CC=CC2)[C]2=CC=CC2)cc1. The van der Waals surface area contributed by atoms with Crippen molar-refractivity contribution in [1.82, 2.24) is 0 Å². The van der Waals surface area contributed by atoms with Gasteiger partial charge in [0.1, 0.15) is 0 Å². The molecule has 2 aromatic rings. The zero-order chi connectivity index (χ0) is 20.1. The average Bonchev–Trinajstić information content (AvgIpc) is 3.49. The van der Waals surface area contributed by atoms with Gasteiger partial charge in [-0.2, -0.15) is 0 Å². The van der Waals surface area contributed by atoms with Crippen LogP contribution in [0.3, 0.4) is 0 Å². The van der Waals surface area contributed by atoms with Crippen molar-refractivity contribution in [2.24, 2.45) is 0 Å². The molecule has 0 radical (unpaired) electrons. The molecule has 2 aromatic carbocycles. The van der Waals surface area contributed by atoms with Gasteiger partial charge in [0, 0.05) is 0 Å². The van der Waals surface area contributed by atoms with Crippen molar-refractivity contribution in [3.8, 4) is 11.5 Å². The average molecular weight is 500 g/mol. The van der Waals surface area contributed by atoms with Crippen molar-refractivity contribution in [2.45, 2.75) is 22.6 Å². The molecule has 0 aromatic heterocycles. The predicted octanol–water partition coefficient (Wildman–Crippen LogP) is 7.26. The Hall–Kier alpha value is -1.42. The van der Waals surface area contributed by atoms with Gasteiger partial charge in [-0.25, -0.2) is 0 Å². The summed E-state index contributed by atoms with van der Waals surface area (Å²) < 4.78 is 16.4. The van der Waals surface area contributed by atoms with Crippen LogP contribution in [0.25, 0.3) is 0 Å². The van der Waals surface area contributed by atoms with E-state index in [1.807, 2.05) is 0 Å². The fourth-order valence-corrected chi connectivity index (χ4v) is 12.5. The monoisotopic (exact) mass is 498 g/mol. The summed E-state index contributed by atoms with van der Waals surface area (Å²) in [4.78, 5) is 2.46. The number of thioether (sulfide) groups is 2. The van der Waals surface area contributed by atoms with Crippen molar-refractivity contribution < 1.29 is 26.8 Å². The topological polar surface area (TPSA) is 18.5 Å². The molecule has 0 N–H and O–H groups in total. The van der Waals surface area contributed by atoms with Crippen LogP contribution in [0.2, 0.25) is 0 Å². The van der Waals surface area contributed by atoms with E-state index in [0.29, 0.717) is 0 Å². The van der Waals surface area contributed by atoms with E-state index in [-0.39, 0.29) is 0 Å². The van der Waals surface area contributed by atoms with E-state index in [0.717, 1.165) is 24.3 Å². The number of allylic oxidation sites excluding steroid dienone is 8. The molecular weight excluding hydrogens is 476 g/mol. The van der Waals surface area contributed by atoms with Crippen LogP contribution in [0.4, 0.5) is 0 Å². The molecule has 2 aliphatic rings. The molecule has 0 saturated carbocycles. The molecule has 0 bridgehead atoms. The Kier molecular flexibility index (Phi) is 6.89. The van der Waals surface area contributed by atoms with Gasteiger partial charge < -0.3 is 0 Å². The summed E-state index contributed by atoms with van der Waals surface area (Å²) in [6.45, 7) is 0. The molecule has 0 aliphatic heterocycles. The first kappa shape index (κ1) is 20.8. The molecule has 0 unspecified atom stereocenters. The summed E-state index contributed by atoms with van der Waals surface area (Å²) in [6.07, 6.45) is 19.1. The van der Waals surface area contributed by atoms with Crippen LogP contribution in [0, 0.1) is 0 Å². The summed E-state index contributed by atoms with van der Waals surface area (Å²) in [5, 5.41) is 0. The summed E-state index contributed by atoms with van der Waals surface area (Å²) in [5.74, 6) is 1.78. The van der Waals surface area contributed by atoms with Gasteiger partial charge in [-0.05, 0) is 0 Å². The van der Waals surface area contributed by atoms with Gasteiger partial charge in [0.2, 0.25) is 0 Å². The summed E-state index contributed by atoms with van der Waals surface area (Å²) in [6, 6.07) is 16.8. The molecule has 2 nitrogen and oxygen atoms in total. The third-order valence-electron chi connectivity index (χ3n) is 5.03. The van der Waals surface area contributed by atoms with Crippen LogP contribution in [0.5, 0.6) is 11.5 Å². The van der Waals surface area contributed by atoms with Crippen LogP contribution >= 0.6 is 23.5 Å². The van der Waals surface area contributed by atoms with Gasteiger partial charge in [0.25, 0.3) is 0 Å². The standard InChI is InChI=1S/2C7H8OS.2C5H5.Zr/c2*1-9-7-4-2-6(8)3-5-7;2*1-2-4-5-3-1;/h2*2-5,8H,1H3;2*1-3H,4H2;/q;;;;+2/p-2. The molecule has 0 spiro atoms. The van der Waals surface area contributed by atoms with E-state index in [1.165, 1.54) is 16.4 Å². The molecule has 0 saturated heterocycles. The van der Waals surface area contributed by atoms with E-state index >= 15 is 0 Å². The molecule has 2 aliphatic carbocycles. The van der Waals surface area contributed by atoms with Crippen LogP contribution in [0.15, 0.2) is 101 Å². The number of rotatable bonds is 8. The molecule has 0 atom stereocenters. The summed E-state index contributed by atoms with van der Waals surface area (Å²) in [7, 11) is 0. The zero-order valence-electron chi connectivity index (χ0n) is 16.6. The Morgan fingerprint density at radius 2 is 1.07 bits per heavy atom. The number of hydrogen-bond acceptors (Lipinski definition) is 4. The minimum atomic E-state index is -3.87. The second-order valence-corrected chi connectivity index (χ2v) is 15.8. The van der Waals surface area contributed by atoms with Crippen LogP contribution < -0.4 is 5.63 Å². The van der Waals surface area contributed by atoms with Crippen molar-refractivity contribution in [3.05, 3.63) is 91.5 Å². The molecule has 29 heavy (non-hydrogen) atoms. The summed E-state index contributed by atoms with van der Waals surface area (Å²) in [5.41, 5.74) is 0. The summed E-state index contributed by atoms with van der Waals surface area (Å²) >= 11 is -0.390. The second-order valence-electron chi connectivity index (χ2n) is 6.82. The van der Waals surface area contributed by atoms with Crippen molar-refractivity contribution >= 4 is 23.5 Å². The fourth-order valence-electron chi connectivity index (χ4n) is 3.49. The first-order chi connectivity index (χ1) is 14.2. The molecule has 148 valence electrons. The van der Waals surface area contributed by atoms with Crippen LogP contribution in [-0.4, -0.2) is 12.5 Å². The van der Waals surface area contributed by atoms with Gasteiger partial charge in [-0.15, -0.1) is 0 Å². The Bertz CT molecular complexity index is 891. The molecular formula is C24H24O2S2Zr. The number of hydrogen-bond donors (Lipinski definition) is 0. The van der Waals surface area contributed by atoms with Gasteiger partial charge >= 0.3 is 188 Å². The predicted molar refractivity (Wildman–Crippen MR) is 121 cm³/mol. The third kappa shape index (κ3) is 4.68. The molecule has 4 rings (SSSR count). The van der Waals surface area contributed by atoms with Crippen molar-refractivity contribution in [3.63, 3.8) is 0 Å². The van der Waals surface area contributed by atoms with Gasteiger partial charge in [0.05, 0.1) is 0 Å². The Balaban J connectivity index is 1.74. The quantitative estimate of drug-likeness (QED) is 0.356. The van der Waals surface area contributed by atoms with Gasteiger partial charge in [-0.1, -0.05) is 0 Å². The van der Waals surface area contributed by atoms with E-state index in [1.54, 1.807) is 23.5 Å². The van der Waals surface area contributed by atoms with E-state index in [4.69, 9.17) is 5.63 Å². The minimum absolute atomic E-state index is 0.889. The molecule has 0 heterocycles. The molecule has 0 fully saturated rings. The number of benzene rings is 2. The van der Waals surface area contributed by atoms with Crippen molar-refractivity contribution in [1.29, 1.82) is 0 Å².